The van der Waals surface area contributed by atoms with Gasteiger partial charge in [0.1, 0.15) is 12.4 Å². The second-order valence-corrected chi connectivity index (χ2v) is 9.35. The van der Waals surface area contributed by atoms with Gasteiger partial charge in [-0.15, -0.1) is 0 Å². The van der Waals surface area contributed by atoms with Crippen LogP contribution in [0, 0.1) is 0 Å². The smallest absolute Gasteiger partial charge is 0.119 e. The maximum absolute atomic E-state index is 8.92. The third-order valence-corrected chi connectivity index (χ3v) is 6.80. The molecule has 5 heteroatoms. The lowest BCUT2D eigenvalue weighted by molar-refractivity contribution is 0.0977. The highest BCUT2D eigenvalue weighted by Gasteiger charge is 2.26. The molecule has 0 radical (unpaired) electrons. The highest BCUT2D eigenvalue weighted by atomic mass is 35.5. The molecule has 0 amide bonds. The van der Waals surface area contributed by atoms with Crippen LogP contribution in [0.5, 0.6) is 5.75 Å². The topological polar surface area (TPSA) is 35.9 Å². The van der Waals surface area contributed by atoms with Crippen LogP contribution in [0.4, 0.5) is 0 Å². The van der Waals surface area contributed by atoms with E-state index in [4.69, 9.17) is 21.4 Å². The van der Waals surface area contributed by atoms with Crippen LogP contribution in [0.2, 0.25) is 5.02 Å². The number of piperazine rings is 1. The maximum Gasteiger partial charge on any atom is 0.119 e. The summed E-state index contributed by atoms with van der Waals surface area (Å²) in [5, 5.41) is 9.69. The maximum atomic E-state index is 8.92. The molecular formula is C29H35ClN2O2. The Kier molecular flexibility index (Phi) is 9.40. The minimum atomic E-state index is 0.243. The highest BCUT2D eigenvalue weighted by Crippen LogP contribution is 2.30. The van der Waals surface area contributed by atoms with Crippen molar-refractivity contribution >= 4 is 11.6 Å². The molecule has 0 aliphatic carbocycles. The summed E-state index contributed by atoms with van der Waals surface area (Å²) < 4.78 is 6.01. The zero-order chi connectivity index (χ0) is 23.6. The Morgan fingerprint density at radius 2 is 1.47 bits per heavy atom. The van der Waals surface area contributed by atoms with Crippen molar-refractivity contribution in [2.75, 3.05) is 45.9 Å². The highest BCUT2D eigenvalue weighted by molar-refractivity contribution is 6.30. The number of unbranched alkanes of at least 4 members (excludes halogenated alkanes) is 1. The summed E-state index contributed by atoms with van der Waals surface area (Å²) in [6.45, 7) is 6.00. The lowest BCUT2D eigenvalue weighted by atomic mass is 9.96. The van der Waals surface area contributed by atoms with Crippen molar-refractivity contribution in [3.63, 3.8) is 0 Å². The van der Waals surface area contributed by atoms with Gasteiger partial charge in [0.15, 0.2) is 0 Å². The quantitative estimate of drug-likeness (QED) is 0.372. The average molecular weight is 479 g/mol. The third-order valence-electron chi connectivity index (χ3n) is 6.55. The molecule has 3 aromatic carbocycles. The van der Waals surface area contributed by atoms with Crippen molar-refractivity contribution in [1.29, 1.82) is 0 Å². The van der Waals surface area contributed by atoms with Crippen molar-refractivity contribution < 1.29 is 9.84 Å². The van der Waals surface area contributed by atoms with Crippen LogP contribution in [0.25, 0.3) is 0 Å². The Morgan fingerprint density at radius 1 is 0.794 bits per heavy atom. The molecule has 0 unspecified atom stereocenters. The van der Waals surface area contributed by atoms with Crippen molar-refractivity contribution in [1.82, 2.24) is 9.80 Å². The van der Waals surface area contributed by atoms with Gasteiger partial charge in [0.25, 0.3) is 0 Å². The van der Waals surface area contributed by atoms with E-state index in [0.717, 1.165) is 62.8 Å². The van der Waals surface area contributed by atoms with Crippen LogP contribution >= 0.6 is 11.6 Å². The molecule has 3 aromatic rings. The first-order valence-electron chi connectivity index (χ1n) is 12.3. The fraction of sp³-hybridized carbons (Fsp3) is 0.379. The molecule has 0 bridgehead atoms. The van der Waals surface area contributed by atoms with E-state index < -0.39 is 0 Å². The zero-order valence-corrected chi connectivity index (χ0v) is 20.5. The number of aliphatic hydroxyl groups excluding tert-OH is 1. The Morgan fingerprint density at radius 3 is 2.15 bits per heavy atom. The van der Waals surface area contributed by atoms with Crippen LogP contribution in [0.1, 0.15) is 35.6 Å². The van der Waals surface area contributed by atoms with Crippen molar-refractivity contribution in [3.8, 4) is 5.75 Å². The number of hydrogen-bond donors (Lipinski definition) is 1. The van der Waals surface area contributed by atoms with E-state index in [2.05, 4.69) is 76.5 Å². The van der Waals surface area contributed by atoms with Gasteiger partial charge in [-0.05, 0) is 60.2 Å². The Hall–Kier alpha value is -2.37. The van der Waals surface area contributed by atoms with Gasteiger partial charge in [-0.25, -0.2) is 0 Å². The fourth-order valence-electron chi connectivity index (χ4n) is 4.63. The van der Waals surface area contributed by atoms with Gasteiger partial charge < -0.3 is 9.84 Å². The van der Waals surface area contributed by atoms with Gasteiger partial charge in [-0.2, -0.15) is 0 Å². The normalized spacial score (nSPS) is 15.8. The molecular weight excluding hydrogens is 444 g/mol. The standard InChI is InChI=1S/C29H35ClN2O2/c30-27-13-11-26(12-14-27)29(25-7-2-1-3-8-25)32-19-17-31(18-20-32)21-23-34-28-15-9-24(10-16-28)6-4-5-22-33/h1-3,7-16,29,33H,4-6,17-23H2/t29-/m1/s1. The zero-order valence-electron chi connectivity index (χ0n) is 19.8. The number of rotatable bonds is 11. The molecule has 0 spiro atoms. The van der Waals surface area contributed by atoms with Gasteiger partial charge in [0, 0.05) is 44.4 Å². The minimum Gasteiger partial charge on any atom is -0.492 e. The molecule has 4 rings (SSSR count). The molecule has 1 aliphatic rings. The van der Waals surface area contributed by atoms with E-state index in [1.807, 2.05) is 12.1 Å². The number of aryl methyl sites for hydroxylation is 1. The van der Waals surface area contributed by atoms with Crippen LogP contribution in [-0.2, 0) is 6.42 Å². The fourth-order valence-corrected chi connectivity index (χ4v) is 4.75. The van der Waals surface area contributed by atoms with Crippen LogP contribution < -0.4 is 4.74 Å². The number of benzene rings is 3. The van der Waals surface area contributed by atoms with Gasteiger partial charge in [-0.3, -0.25) is 9.80 Å². The molecule has 1 N–H and O–H groups in total. The van der Waals surface area contributed by atoms with Crippen molar-refractivity contribution in [2.24, 2.45) is 0 Å². The lowest BCUT2D eigenvalue weighted by Crippen LogP contribution is -2.48. The molecule has 1 heterocycles. The van der Waals surface area contributed by atoms with Gasteiger partial charge in [0.2, 0.25) is 0 Å². The van der Waals surface area contributed by atoms with E-state index >= 15 is 0 Å². The Balaban J connectivity index is 1.27. The molecule has 1 aliphatic heterocycles. The summed E-state index contributed by atoms with van der Waals surface area (Å²) >= 11 is 6.15. The first-order chi connectivity index (χ1) is 16.7. The minimum absolute atomic E-state index is 0.243. The lowest BCUT2D eigenvalue weighted by Gasteiger charge is -2.39. The van der Waals surface area contributed by atoms with Crippen molar-refractivity contribution in [3.05, 3.63) is 101 Å². The Labute approximate surface area is 208 Å². The summed E-state index contributed by atoms with van der Waals surface area (Å²) in [5.41, 5.74) is 3.90. The van der Waals surface area contributed by atoms with E-state index in [-0.39, 0.29) is 12.6 Å². The molecule has 4 nitrogen and oxygen atoms in total. The molecule has 1 atom stereocenters. The number of nitrogens with zero attached hydrogens (tertiary/aromatic N) is 2. The summed E-state index contributed by atoms with van der Waals surface area (Å²) in [4.78, 5) is 5.06. The molecule has 1 fully saturated rings. The summed E-state index contributed by atoms with van der Waals surface area (Å²) in [7, 11) is 0. The molecule has 0 saturated carbocycles. The molecule has 180 valence electrons. The van der Waals surface area contributed by atoms with E-state index in [1.165, 1.54) is 16.7 Å². The number of aliphatic hydroxyl groups is 1. The summed E-state index contributed by atoms with van der Waals surface area (Å²) in [6, 6.07) is 27.7. The van der Waals surface area contributed by atoms with E-state index in [0.29, 0.717) is 6.61 Å². The average Bonchev–Trinajstić information content (AvgIpc) is 2.88. The predicted molar refractivity (Wildman–Crippen MR) is 140 cm³/mol. The summed E-state index contributed by atoms with van der Waals surface area (Å²) in [5.74, 6) is 0.927. The second-order valence-electron chi connectivity index (χ2n) is 8.92. The predicted octanol–water partition coefficient (Wildman–Crippen LogP) is 5.44. The number of halogens is 1. The van der Waals surface area contributed by atoms with Gasteiger partial charge in [-0.1, -0.05) is 66.2 Å². The van der Waals surface area contributed by atoms with Gasteiger partial charge in [0.05, 0.1) is 6.04 Å². The second kappa shape index (κ2) is 12.9. The molecule has 34 heavy (non-hydrogen) atoms. The van der Waals surface area contributed by atoms with Crippen LogP contribution in [0.3, 0.4) is 0 Å². The first kappa shape index (κ1) is 24.7. The van der Waals surface area contributed by atoms with Crippen LogP contribution in [-0.4, -0.2) is 60.8 Å². The van der Waals surface area contributed by atoms with Crippen LogP contribution in [0.15, 0.2) is 78.9 Å². The third kappa shape index (κ3) is 7.07. The van der Waals surface area contributed by atoms with Crippen molar-refractivity contribution in [2.45, 2.75) is 25.3 Å². The van der Waals surface area contributed by atoms with E-state index in [1.54, 1.807) is 0 Å². The Bertz CT molecular complexity index is 971. The number of hydrogen-bond acceptors (Lipinski definition) is 4. The molecule has 0 aromatic heterocycles. The largest absolute Gasteiger partial charge is 0.492 e. The molecule has 1 saturated heterocycles. The number of ether oxygens (including phenoxy) is 1. The first-order valence-corrected chi connectivity index (χ1v) is 12.7. The summed E-state index contributed by atoms with van der Waals surface area (Å²) in [6.07, 6.45) is 2.88. The van der Waals surface area contributed by atoms with Gasteiger partial charge >= 0.3 is 0 Å². The monoisotopic (exact) mass is 478 g/mol. The SMILES string of the molecule is OCCCCc1ccc(OCCN2CCN([C@H](c3ccccc3)c3ccc(Cl)cc3)CC2)cc1. The van der Waals surface area contributed by atoms with E-state index in [9.17, 15) is 0 Å².